The summed E-state index contributed by atoms with van der Waals surface area (Å²) >= 11 is 14.2. The fourth-order valence-corrected chi connectivity index (χ4v) is 8.64. The molecule has 7 rings (SSSR count). The van der Waals surface area contributed by atoms with Crippen LogP contribution in [0.1, 0.15) is 40.2 Å². The van der Waals surface area contributed by atoms with Gasteiger partial charge in [-0.05, 0) is 49.1 Å². The van der Waals surface area contributed by atoms with Crippen molar-refractivity contribution in [2.75, 3.05) is 11.9 Å². The first kappa shape index (κ1) is 29.4. The van der Waals surface area contributed by atoms with Crippen LogP contribution in [-0.2, 0) is 19.2 Å². The fourth-order valence-electron chi connectivity index (χ4n) is 7.63. The molecule has 1 N–H and O–H groups in total. The highest BCUT2D eigenvalue weighted by Gasteiger charge is 2.76. The summed E-state index contributed by atoms with van der Waals surface area (Å²) in [5.41, 5.74) is 1.54. The van der Waals surface area contributed by atoms with Gasteiger partial charge in [-0.1, -0.05) is 54.1 Å². The number of likely N-dealkylation sites (tertiary alicyclic amines) is 1. The van der Waals surface area contributed by atoms with Gasteiger partial charge in [0.1, 0.15) is 0 Å². The molecule has 3 fully saturated rings. The maximum absolute atomic E-state index is 14.7. The highest BCUT2D eigenvalue weighted by atomic mass is 35.5. The van der Waals surface area contributed by atoms with Gasteiger partial charge in [-0.25, -0.2) is 4.39 Å². The lowest BCUT2D eigenvalue weighted by Gasteiger charge is -2.50. The van der Waals surface area contributed by atoms with Crippen LogP contribution in [0.3, 0.4) is 0 Å². The molecule has 6 atom stereocenters. The lowest BCUT2D eigenvalue weighted by Crippen LogP contribution is -2.60. The van der Waals surface area contributed by atoms with Crippen molar-refractivity contribution in [2.24, 2.45) is 17.8 Å². The molecule has 0 aromatic heterocycles. The second-order valence-electron chi connectivity index (χ2n) is 11.9. The number of hydrogen-bond donors (Lipinski definition) is 1. The third-order valence-corrected chi connectivity index (χ3v) is 11.2. The summed E-state index contributed by atoms with van der Waals surface area (Å²) in [5, 5.41) is 10.8. The standard InChI is InChI=1S/C34H25Cl2FN2O6/c1-38-31(44)33(35)16-23-20(26(34(33,36)32(38)45)22-8-5-9-24(37)28(22)41)14-15-21-25(23)30(43)39(29(21)42)19-12-10-18(11-13-19)27(40)17-6-3-2-4-7-17/h2-14,21,23,25-26,41H,15-16H2,1H3/t21-,23+,25-,26+,33+,34-/m0/s1. The first-order valence-electron chi connectivity index (χ1n) is 14.4. The summed E-state index contributed by atoms with van der Waals surface area (Å²) < 4.78 is 14.7. The smallest absolute Gasteiger partial charge is 0.253 e. The van der Waals surface area contributed by atoms with Gasteiger partial charge in [-0.15, -0.1) is 23.2 Å². The number of anilines is 1. The minimum Gasteiger partial charge on any atom is -0.505 e. The van der Waals surface area contributed by atoms with Crippen LogP contribution in [0.5, 0.6) is 5.75 Å². The van der Waals surface area contributed by atoms with E-state index in [2.05, 4.69) is 0 Å². The lowest BCUT2D eigenvalue weighted by molar-refractivity contribution is -0.138. The molecule has 0 radical (unpaired) electrons. The number of fused-ring (bicyclic) bond motifs is 4. The molecule has 3 aromatic carbocycles. The molecule has 0 bridgehead atoms. The number of allylic oxidation sites excluding steroid dienone is 2. The number of phenols is 1. The number of rotatable bonds is 4. The van der Waals surface area contributed by atoms with E-state index in [9.17, 15) is 33.5 Å². The predicted molar refractivity (Wildman–Crippen MR) is 162 cm³/mol. The monoisotopic (exact) mass is 646 g/mol. The minimum atomic E-state index is -2.13. The first-order valence-corrected chi connectivity index (χ1v) is 15.1. The number of halogens is 3. The van der Waals surface area contributed by atoms with Gasteiger partial charge in [0.15, 0.2) is 27.1 Å². The van der Waals surface area contributed by atoms with E-state index in [4.69, 9.17) is 23.2 Å². The van der Waals surface area contributed by atoms with Crippen LogP contribution in [0.4, 0.5) is 10.1 Å². The van der Waals surface area contributed by atoms with E-state index in [-0.39, 0.29) is 29.9 Å². The topological polar surface area (TPSA) is 112 Å². The number of phenolic OH excluding ortho intramolecular Hbond substituents is 1. The summed E-state index contributed by atoms with van der Waals surface area (Å²) in [6.07, 6.45) is 1.58. The number of alkyl halides is 2. The highest BCUT2D eigenvalue weighted by Crippen LogP contribution is 2.66. The van der Waals surface area contributed by atoms with Crippen molar-refractivity contribution in [3.05, 3.63) is 107 Å². The molecule has 0 unspecified atom stereocenters. The summed E-state index contributed by atoms with van der Waals surface area (Å²) in [6, 6.07) is 18.7. The van der Waals surface area contributed by atoms with E-state index in [1.807, 2.05) is 0 Å². The first-order chi connectivity index (χ1) is 21.4. The van der Waals surface area contributed by atoms with Gasteiger partial charge in [-0.2, -0.15) is 0 Å². The number of imide groups is 2. The number of hydrogen-bond acceptors (Lipinski definition) is 6. The van der Waals surface area contributed by atoms with E-state index < -0.39 is 68.6 Å². The SMILES string of the molecule is CN1C(=O)[C@]2(Cl)C[C@@H]3C(=CC[C@@H]4C(=O)N(c5ccc(C(=O)c6ccccc6)cc5)C(=O)[C@@H]43)[C@H](c3cccc(F)c3O)[C@]2(Cl)C1=O. The van der Waals surface area contributed by atoms with Crippen LogP contribution in [0.2, 0.25) is 0 Å². The Morgan fingerprint density at radius 3 is 2.22 bits per heavy atom. The normalized spacial score (nSPS) is 30.6. The maximum atomic E-state index is 14.7. The molecule has 228 valence electrons. The Bertz CT molecular complexity index is 1860. The van der Waals surface area contributed by atoms with Crippen LogP contribution in [0.25, 0.3) is 0 Å². The van der Waals surface area contributed by atoms with Gasteiger partial charge < -0.3 is 5.11 Å². The van der Waals surface area contributed by atoms with Gasteiger partial charge in [0.25, 0.3) is 11.8 Å². The zero-order chi connectivity index (χ0) is 32.0. The molecular weight excluding hydrogens is 622 g/mol. The number of ketones is 1. The maximum Gasteiger partial charge on any atom is 0.253 e. The third-order valence-electron chi connectivity index (χ3n) is 9.77. The molecule has 0 spiro atoms. The van der Waals surface area contributed by atoms with Gasteiger partial charge in [-0.3, -0.25) is 33.8 Å². The van der Waals surface area contributed by atoms with E-state index in [1.54, 1.807) is 48.5 Å². The Morgan fingerprint density at radius 2 is 1.53 bits per heavy atom. The summed E-state index contributed by atoms with van der Waals surface area (Å²) in [4.78, 5) is 65.7. The van der Waals surface area contributed by atoms with Crippen molar-refractivity contribution in [1.82, 2.24) is 4.90 Å². The molecular formula is C34H25Cl2FN2O6. The van der Waals surface area contributed by atoms with Crippen LogP contribution < -0.4 is 4.90 Å². The molecule has 2 heterocycles. The zero-order valence-electron chi connectivity index (χ0n) is 23.7. The van der Waals surface area contributed by atoms with Crippen molar-refractivity contribution in [2.45, 2.75) is 28.5 Å². The number of amides is 4. The predicted octanol–water partition coefficient (Wildman–Crippen LogP) is 4.96. The second kappa shape index (κ2) is 10.1. The van der Waals surface area contributed by atoms with Gasteiger partial charge in [0.05, 0.1) is 17.5 Å². The quantitative estimate of drug-likeness (QED) is 0.186. The van der Waals surface area contributed by atoms with Crippen molar-refractivity contribution < 1.29 is 33.5 Å². The molecule has 4 aliphatic rings. The Hall–Kier alpha value is -4.34. The number of carbonyl (C=O) groups is 5. The molecule has 11 heteroatoms. The van der Waals surface area contributed by atoms with Gasteiger partial charge >= 0.3 is 0 Å². The number of aromatic hydroxyl groups is 1. The van der Waals surface area contributed by atoms with Gasteiger partial charge in [0.2, 0.25) is 11.8 Å². The fraction of sp³-hybridized carbons (Fsp3) is 0.265. The Balaban J connectivity index is 1.29. The molecule has 8 nitrogen and oxygen atoms in total. The Kier molecular flexibility index (Phi) is 6.58. The van der Waals surface area contributed by atoms with Crippen LogP contribution in [-0.4, -0.2) is 56.2 Å². The average molecular weight is 647 g/mol. The Morgan fingerprint density at radius 1 is 0.867 bits per heavy atom. The van der Waals surface area contributed by atoms with Crippen LogP contribution in [0, 0.1) is 23.6 Å². The molecule has 2 aliphatic heterocycles. The van der Waals surface area contributed by atoms with Crippen molar-refractivity contribution >= 4 is 58.3 Å². The second-order valence-corrected chi connectivity index (χ2v) is 13.2. The average Bonchev–Trinajstić information content (AvgIpc) is 3.37. The zero-order valence-corrected chi connectivity index (χ0v) is 25.3. The molecule has 2 aliphatic carbocycles. The summed E-state index contributed by atoms with van der Waals surface area (Å²) in [7, 11) is 1.25. The number of nitrogens with zero attached hydrogens (tertiary/aromatic N) is 2. The molecule has 1 saturated carbocycles. The van der Waals surface area contributed by atoms with E-state index >= 15 is 0 Å². The van der Waals surface area contributed by atoms with E-state index in [1.165, 1.54) is 31.3 Å². The summed E-state index contributed by atoms with van der Waals surface area (Å²) in [5.74, 6) is -8.35. The van der Waals surface area contributed by atoms with Crippen molar-refractivity contribution in [1.29, 1.82) is 0 Å². The molecule has 3 aromatic rings. The van der Waals surface area contributed by atoms with E-state index in [0.717, 1.165) is 15.9 Å². The largest absolute Gasteiger partial charge is 0.505 e. The van der Waals surface area contributed by atoms with E-state index in [0.29, 0.717) is 16.7 Å². The highest BCUT2D eigenvalue weighted by molar-refractivity contribution is 6.53. The molecule has 45 heavy (non-hydrogen) atoms. The van der Waals surface area contributed by atoms with Gasteiger partial charge in [0, 0.05) is 29.7 Å². The number of benzene rings is 3. The van der Waals surface area contributed by atoms with Crippen LogP contribution in [0.15, 0.2) is 84.4 Å². The third kappa shape index (κ3) is 3.86. The Labute approximate surface area is 267 Å². The van der Waals surface area contributed by atoms with Crippen LogP contribution >= 0.6 is 23.2 Å². The van der Waals surface area contributed by atoms with Crippen molar-refractivity contribution in [3.63, 3.8) is 0 Å². The lowest BCUT2D eigenvalue weighted by atomic mass is 9.56. The number of para-hydroxylation sites is 1. The van der Waals surface area contributed by atoms with Crippen molar-refractivity contribution in [3.8, 4) is 5.75 Å². The molecule has 4 amide bonds. The molecule has 2 saturated heterocycles. The number of carbonyl (C=O) groups excluding carboxylic acids is 5. The minimum absolute atomic E-state index is 0.0480. The summed E-state index contributed by atoms with van der Waals surface area (Å²) in [6.45, 7) is 0.